The quantitative estimate of drug-likeness (QED) is 0.918. The minimum Gasteiger partial charge on any atom is -0.376 e. The van der Waals surface area contributed by atoms with Crippen LogP contribution < -0.4 is 5.32 Å². The fourth-order valence-electron chi connectivity index (χ4n) is 2.76. The number of halogens is 3. The van der Waals surface area contributed by atoms with E-state index in [1.165, 1.54) is 6.20 Å². The van der Waals surface area contributed by atoms with Gasteiger partial charge in [-0.1, -0.05) is 0 Å². The van der Waals surface area contributed by atoms with Crippen LogP contribution in [-0.2, 0) is 10.9 Å². The van der Waals surface area contributed by atoms with Crippen LogP contribution in [0.3, 0.4) is 0 Å². The Morgan fingerprint density at radius 2 is 2.04 bits per heavy atom. The number of alkyl halides is 3. The fraction of sp³-hybridized carbons (Fsp3) is 0.412. The Bertz CT molecular complexity index is 734. The van der Waals surface area contributed by atoms with E-state index < -0.39 is 11.9 Å². The predicted octanol–water partition coefficient (Wildman–Crippen LogP) is 3.19. The third-order valence-corrected chi connectivity index (χ3v) is 4.15. The maximum atomic E-state index is 12.6. The van der Waals surface area contributed by atoms with Gasteiger partial charge in [0.05, 0.1) is 17.8 Å². The van der Waals surface area contributed by atoms with Gasteiger partial charge < -0.3 is 10.1 Å². The van der Waals surface area contributed by atoms with Crippen molar-refractivity contribution in [3.05, 3.63) is 47.8 Å². The first-order valence-electron chi connectivity index (χ1n) is 8.00. The Hall–Kier alpha value is -2.35. The molecule has 0 spiro atoms. The second-order valence-corrected chi connectivity index (χ2v) is 6.00. The first kappa shape index (κ1) is 17.5. The summed E-state index contributed by atoms with van der Waals surface area (Å²) in [6, 6.07) is 7.03. The van der Waals surface area contributed by atoms with Gasteiger partial charge in [-0.3, -0.25) is 4.79 Å². The number of nitrogens with one attached hydrogen (secondary N) is 1. The zero-order valence-corrected chi connectivity index (χ0v) is 13.6. The molecule has 1 N–H and O–H groups in total. The van der Waals surface area contributed by atoms with E-state index in [1.54, 1.807) is 24.3 Å². The van der Waals surface area contributed by atoms with Crippen LogP contribution in [0.4, 0.5) is 13.2 Å². The third-order valence-electron chi connectivity index (χ3n) is 4.15. The second kappa shape index (κ2) is 6.87. The van der Waals surface area contributed by atoms with Gasteiger partial charge in [0.2, 0.25) is 0 Å². The molecule has 1 aromatic heterocycles. The van der Waals surface area contributed by atoms with Gasteiger partial charge in [0.1, 0.15) is 0 Å². The van der Waals surface area contributed by atoms with Crippen LogP contribution in [-0.4, -0.2) is 34.4 Å². The summed E-state index contributed by atoms with van der Waals surface area (Å²) < 4.78 is 44.5. The van der Waals surface area contributed by atoms with Crippen LogP contribution in [0.5, 0.6) is 0 Å². The lowest BCUT2D eigenvalue weighted by Gasteiger charge is -2.20. The standard InChI is InChI=1S/C17H18F3N3O2/c1-11(14-3-2-10-25-14)21-16(24)12-4-6-13(7-5-12)23-9-8-15(22-23)17(18,19)20/h4-9,11,14H,2-3,10H2,1H3,(H,21,24)/t11-,14+/m1/s1. The Kier molecular flexibility index (Phi) is 4.80. The molecule has 0 aliphatic carbocycles. The number of carbonyl (C=O) groups is 1. The molecular formula is C17H18F3N3O2. The van der Waals surface area contributed by atoms with Gasteiger partial charge in [-0.2, -0.15) is 18.3 Å². The number of nitrogens with zero attached hydrogens (tertiary/aromatic N) is 2. The summed E-state index contributed by atoms with van der Waals surface area (Å²) in [5.41, 5.74) is -0.0873. The van der Waals surface area contributed by atoms with Gasteiger partial charge in [-0.15, -0.1) is 0 Å². The smallest absolute Gasteiger partial charge is 0.376 e. The molecule has 1 aliphatic rings. The summed E-state index contributed by atoms with van der Waals surface area (Å²) in [6.45, 7) is 2.61. The van der Waals surface area contributed by atoms with Crippen molar-refractivity contribution < 1.29 is 22.7 Å². The van der Waals surface area contributed by atoms with Crippen molar-refractivity contribution in [2.24, 2.45) is 0 Å². The van der Waals surface area contributed by atoms with Gasteiger partial charge >= 0.3 is 6.18 Å². The monoisotopic (exact) mass is 353 g/mol. The number of ether oxygens (including phenoxy) is 1. The number of aromatic nitrogens is 2. The molecule has 2 heterocycles. The van der Waals surface area contributed by atoms with Gasteiger partial charge in [0, 0.05) is 18.4 Å². The van der Waals surface area contributed by atoms with E-state index in [9.17, 15) is 18.0 Å². The molecular weight excluding hydrogens is 335 g/mol. The van der Waals surface area contributed by atoms with Crippen molar-refractivity contribution in [3.63, 3.8) is 0 Å². The second-order valence-electron chi connectivity index (χ2n) is 6.00. The van der Waals surface area contributed by atoms with E-state index in [0.29, 0.717) is 17.9 Å². The number of hydrogen-bond donors (Lipinski definition) is 1. The van der Waals surface area contributed by atoms with Crippen molar-refractivity contribution in [3.8, 4) is 5.69 Å². The van der Waals surface area contributed by atoms with Crippen molar-refractivity contribution in [2.75, 3.05) is 6.61 Å². The molecule has 0 bridgehead atoms. The van der Waals surface area contributed by atoms with Crippen LogP contribution >= 0.6 is 0 Å². The van der Waals surface area contributed by atoms with Crippen molar-refractivity contribution >= 4 is 5.91 Å². The number of carbonyl (C=O) groups excluding carboxylic acids is 1. The molecule has 1 aromatic carbocycles. The molecule has 5 nitrogen and oxygen atoms in total. The maximum Gasteiger partial charge on any atom is 0.435 e. The Labute approximate surface area is 142 Å². The molecule has 0 unspecified atom stereocenters. The van der Waals surface area contributed by atoms with Gasteiger partial charge in [-0.05, 0) is 50.1 Å². The predicted molar refractivity (Wildman–Crippen MR) is 84.5 cm³/mol. The lowest BCUT2D eigenvalue weighted by atomic mass is 10.1. The largest absolute Gasteiger partial charge is 0.435 e. The molecule has 134 valence electrons. The average Bonchev–Trinajstić information content (AvgIpc) is 3.26. The van der Waals surface area contributed by atoms with Crippen LogP contribution in [0.2, 0.25) is 0 Å². The minimum absolute atomic E-state index is 0.0214. The third kappa shape index (κ3) is 4.01. The lowest BCUT2D eigenvalue weighted by Crippen LogP contribution is -2.40. The van der Waals surface area contributed by atoms with Crippen molar-refractivity contribution in [2.45, 2.75) is 38.1 Å². The molecule has 2 atom stereocenters. The van der Waals surface area contributed by atoms with E-state index in [-0.39, 0.29) is 18.1 Å². The van der Waals surface area contributed by atoms with Gasteiger partial charge in [-0.25, -0.2) is 4.68 Å². The van der Waals surface area contributed by atoms with Crippen LogP contribution in [0, 0.1) is 0 Å². The number of benzene rings is 1. The number of rotatable bonds is 4. The zero-order chi connectivity index (χ0) is 18.0. The Morgan fingerprint density at radius 1 is 1.32 bits per heavy atom. The zero-order valence-electron chi connectivity index (χ0n) is 13.6. The molecule has 3 rings (SSSR count). The van der Waals surface area contributed by atoms with Crippen LogP contribution in [0.15, 0.2) is 36.5 Å². The maximum absolute atomic E-state index is 12.6. The highest BCUT2D eigenvalue weighted by molar-refractivity contribution is 5.94. The highest BCUT2D eigenvalue weighted by Gasteiger charge is 2.33. The highest BCUT2D eigenvalue weighted by Crippen LogP contribution is 2.27. The number of hydrogen-bond acceptors (Lipinski definition) is 3. The van der Waals surface area contributed by atoms with Crippen molar-refractivity contribution in [1.29, 1.82) is 0 Å². The van der Waals surface area contributed by atoms with Crippen molar-refractivity contribution in [1.82, 2.24) is 15.1 Å². The first-order chi connectivity index (χ1) is 11.8. The summed E-state index contributed by atoms with van der Waals surface area (Å²) in [6.07, 6.45) is -1.32. The summed E-state index contributed by atoms with van der Waals surface area (Å²) in [5.74, 6) is -0.244. The molecule has 1 aliphatic heterocycles. The molecule has 1 saturated heterocycles. The van der Waals surface area contributed by atoms with Gasteiger partial charge in [0.15, 0.2) is 5.69 Å². The van der Waals surface area contributed by atoms with E-state index >= 15 is 0 Å². The molecule has 8 heteroatoms. The normalized spacial score (nSPS) is 19.0. The molecule has 1 fully saturated rings. The number of amides is 1. The Balaban J connectivity index is 1.67. The molecule has 2 aromatic rings. The molecule has 0 radical (unpaired) electrons. The topological polar surface area (TPSA) is 56.2 Å². The minimum atomic E-state index is -4.48. The highest BCUT2D eigenvalue weighted by atomic mass is 19.4. The first-order valence-corrected chi connectivity index (χ1v) is 8.00. The van der Waals surface area contributed by atoms with E-state index in [4.69, 9.17) is 4.74 Å². The lowest BCUT2D eigenvalue weighted by molar-refractivity contribution is -0.141. The SMILES string of the molecule is C[C@@H](NC(=O)c1ccc(-n2ccc(C(F)(F)F)n2)cc1)[C@@H]1CCCO1. The molecule has 1 amide bonds. The summed E-state index contributed by atoms with van der Waals surface area (Å²) >= 11 is 0. The average molecular weight is 353 g/mol. The molecule has 25 heavy (non-hydrogen) atoms. The summed E-state index contributed by atoms with van der Waals surface area (Å²) in [4.78, 5) is 12.3. The fourth-order valence-corrected chi connectivity index (χ4v) is 2.76. The van der Waals surface area contributed by atoms with E-state index in [1.807, 2.05) is 6.92 Å². The Morgan fingerprint density at radius 3 is 2.60 bits per heavy atom. The summed E-state index contributed by atoms with van der Waals surface area (Å²) in [5, 5.41) is 6.39. The molecule has 0 saturated carbocycles. The van der Waals surface area contributed by atoms with Crippen LogP contribution in [0.25, 0.3) is 5.69 Å². The van der Waals surface area contributed by atoms with E-state index in [0.717, 1.165) is 23.6 Å². The van der Waals surface area contributed by atoms with E-state index in [2.05, 4.69) is 10.4 Å². The summed E-state index contributed by atoms with van der Waals surface area (Å²) in [7, 11) is 0. The van der Waals surface area contributed by atoms with Gasteiger partial charge in [0.25, 0.3) is 5.91 Å². The van der Waals surface area contributed by atoms with Crippen LogP contribution in [0.1, 0.15) is 35.8 Å².